The summed E-state index contributed by atoms with van der Waals surface area (Å²) in [6.07, 6.45) is 0. The quantitative estimate of drug-likeness (QED) is 0.930. The van der Waals surface area contributed by atoms with Crippen LogP contribution in [0.5, 0.6) is 0 Å². The van der Waals surface area contributed by atoms with Crippen molar-refractivity contribution in [3.63, 3.8) is 0 Å². The molecule has 0 fully saturated rings. The lowest BCUT2D eigenvalue weighted by Gasteiger charge is -2.22. The van der Waals surface area contributed by atoms with E-state index in [1.807, 2.05) is 0 Å². The second-order valence-electron chi connectivity index (χ2n) is 4.72. The fourth-order valence-electron chi connectivity index (χ4n) is 2.10. The summed E-state index contributed by atoms with van der Waals surface area (Å²) >= 11 is 6.00. The van der Waals surface area contributed by atoms with Crippen LogP contribution in [0.2, 0.25) is 5.02 Å². The van der Waals surface area contributed by atoms with Gasteiger partial charge >= 0.3 is 0 Å². The highest BCUT2D eigenvalue weighted by Crippen LogP contribution is 2.29. The van der Waals surface area contributed by atoms with Crippen molar-refractivity contribution in [3.05, 3.63) is 58.6 Å². The van der Waals surface area contributed by atoms with Crippen LogP contribution in [0.1, 0.15) is 15.9 Å². The molecule has 2 rings (SSSR count). The number of anilines is 1. The molecular formula is C15H15ClN2O3S. The third-order valence-electron chi connectivity index (χ3n) is 3.37. The van der Waals surface area contributed by atoms with E-state index in [0.717, 1.165) is 4.31 Å². The Morgan fingerprint density at radius 2 is 1.77 bits per heavy atom. The van der Waals surface area contributed by atoms with E-state index in [1.165, 1.54) is 25.2 Å². The predicted octanol–water partition coefficient (Wildman–Crippen LogP) is 2.57. The lowest BCUT2D eigenvalue weighted by atomic mass is 10.2. The molecule has 0 aliphatic heterocycles. The van der Waals surface area contributed by atoms with Crippen molar-refractivity contribution in [1.82, 2.24) is 0 Å². The molecule has 0 saturated carbocycles. The van der Waals surface area contributed by atoms with Gasteiger partial charge in [-0.15, -0.1) is 0 Å². The Morgan fingerprint density at radius 3 is 2.41 bits per heavy atom. The van der Waals surface area contributed by atoms with Gasteiger partial charge < -0.3 is 5.73 Å². The van der Waals surface area contributed by atoms with Crippen LogP contribution < -0.4 is 10.0 Å². The average Bonchev–Trinajstić information content (AvgIpc) is 2.49. The lowest BCUT2D eigenvalue weighted by Crippen LogP contribution is -2.29. The van der Waals surface area contributed by atoms with E-state index in [0.29, 0.717) is 10.6 Å². The van der Waals surface area contributed by atoms with Crippen molar-refractivity contribution < 1.29 is 13.2 Å². The zero-order valence-corrected chi connectivity index (χ0v) is 13.6. The van der Waals surface area contributed by atoms with Crippen LogP contribution in [0.15, 0.2) is 47.4 Å². The van der Waals surface area contributed by atoms with Crippen LogP contribution in [-0.2, 0) is 10.0 Å². The predicted molar refractivity (Wildman–Crippen MR) is 86.7 cm³/mol. The number of primary amides is 1. The molecule has 1 amide bonds. The first-order chi connectivity index (χ1) is 10.3. The van der Waals surface area contributed by atoms with Gasteiger partial charge in [-0.05, 0) is 36.8 Å². The van der Waals surface area contributed by atoms with Crippen molar-refractivity contribution in [1.29, 1.82) is 0 Å². The maximum Gasteiger partial charge on any atom is 0.264 e. The number of carbonyl (C=O) groups is 1. The van der Waals surface area contributed by atoms with Gasteiger partial charge in [-0.2, -0.15) is 0 Å². The minimum Gasteiger partial charge on any atom is -0.366 e. The molecular weight excluding hydrogens is 324 g/mol. The van der Waals surface area contributed by atoms with Crippen molar-refractivity contribution in [2.45, 2.75) is 11.8 Å². The fourth-order valence-corrected chi connectivity index (χ4v) is 3.79. The van der Waals surface area contributed by atoms with E-state index in [2.05, 4.69) is 0 Å². The lowest BCUT2D eigenvalue weighted by molar-refractivity contribution is 0.100. The summed E-state index contributed by atoms with van der Waals surface area (Å²) in [6, 6.07) is 10.9. The smallest absolute Gasteiger partial charge is 0.264 e. The van der Waals surface area contributed by atoms with Crippen molar-refractivity contribution in [2.75, 3.05) is 11.4 Å². The second kappa shape index (κ2) is 5.98. The van der Waals surface area contributed by atoms with E-state index >= 15 is 0 Å². The van der Waals surface area contributed by atoms with Crippen LogP contribution in [0.25, 0.3) is 0 Å². The minimum absolute atomic E-state index is 0.0850. The van der Waals surface area contributed by atoms with E-state index < -0.39 is 15.9 Å². The molecule has 2 N–H and O–H groups in total. The number of nitrogens with zero attached hydrogens (tertiary/aromatic N) is 1. The molecule has 0 radical (unpaired) electrons. The number of halogens is 1. The number of hydrogen-bond acceptors (Lipinski definition) is 3. The van der Waals surface area contributed by atoms with Gasteiger partial charge in [0, 0.05) is 12.1 Å². The van der Waals surface area contributed by atoms with E-state index in [9.17, 15) is 13.2 Å². The largest absolute Gasteiger partial charge is 0.366 e. The number of rotatable bonds is 4. The van der Waals surface area contributed by atoms with E-state index in [-0.39, 0.29) is 16.1 Å². The molecule has 7 heteroatoms. The monoisotopic (exact) mass is 338 g/mol. The second-order valence-corrected chi connectivity index (χ2v) is 7.06. The first-order valence-electron chi connectivity index (χ1n) is 6.39. The van der Waals surface area contributed by atoms with E-state index in [1.54, 1.807) is 31.2 Å². The van der Waals surface area contributed by atoms with Crippen LogP contribution in [0.4, 0.5) is 5.69 Å². The molecule has 116 valence electrons. The highest BCUT2D eigenvalue weighted by atomic mass is 35.5. The van der Waals surface area contributed by atoms with E-state index in [4.69, 9.17) is 17.3 Å². The highest BCUT2D eigenvalue weighted by molar-refractivity contribution is 7.92. The molecule has 0 spiro atoms. The normalized spacial score (nSPS) is 11.2. The highest BCUT2D eigenvalue weighted by Gasteiger charge is 2.26. The number of hydrogen-bond donors (Lipinski definition) is 1. The minimum atomic E-state index is -3.86. The molecule has 0 saturated heterocycles. The summed E-state index contributed by atoms with van der Waals surface area (Å²) in [5, 5.41) is 0.359. The van der Waals surface area contributed by atoms with Gasteiger partial charge in [-0.3, -0.25) is 9.10 Å². The molecule has 2 aromatic carbocycles. The molecule has 0 aliphatic carbocycles. The first-order valence-corrected chi connectivity index (χ1v) is 8.21. The first kappa shape index (κ1) is 16.3. The van der Waals surface area contributed by atoms with Crippen molar-refractivity contribution >= 4 is 33.2 Å². The maximum atomic E-state index is 12.8. The van der Waals surface area contributed by atoms with Gasteiger partial charge in [0.2, 0.25) is 0 Å². The number of amides is 1. The molecule has 0 atom stereocenters. The molecule has 0 heterocycles. The van der Waals surface area contributed by atoms with Crippen LogP contribution in [0, 0.1) is 6.92 Å². The van der Waals surface area contributed by atoms with Gasteiger partial charge in [0.25, 0.3) is 15.9 Å². The summed E-state index contributed by atoms with van der Waals surface area (Å²) in [7, 11) is -2.49. The van der Waals surface area contributed by atoms with Crippen LogP contribution in [0.3, 0.4) is 0 Å². The summed E-state index contributed by atoms with van der Waals surface area (Å²) < 4.78 is 26.6. The summed E-state index contributed by atoms with van der Waals surface area (Å²) in [5.41, 5.74) is 6.11. The van der Waals surface area contributed by atoms with Crippen LogP contribution in [-0.4, -0.2) is 21.4 Å². The van der Waals surface area contributed by atoms with Gasteiger partial charge in [-0.1, -0.05) is 29.8 Å². The molecule has 0 aliphatic rings. The standard InChI is InChI=1S/C15H15ClN2O3S/c1-10-12(16)7-5-9-14(10)22(20,21)18(2)13-8-4-3-6-11(13)15(17)19/h3-9H,1-2H3,(H2,17,19). The topological polar surface area (TPSA) is 80.5 Å². The Hall–Kier alpha value is -2.05. The number of para-hydroxylation sites is 1. The fraction of sp³-hybridized carbons (Fsp3) is 0.133. The Balaban J connectivity index is 2.60. The Morgan fingerprint density at radius 1 is 1.14 bits per heavy atom. The van der Waals surface area contributed by atoms with Gasteiger partial charge in [-0.25, -0.2) is 8.42 Å². The molecule has 0 bridgehead atoms. The molecule has 0 aromatic heterocycles. The molecule has 22 heavy (non-hydrogen) atoms. The van der Waals surface area contributed by atoms with Crippen molar-refractivity contribution in [2.24, 2.45) is 5.73 Å². The number of nitrogens with two attached hydrogens (primary N) is 1. The van der Waals surface area contributed by atoms with Gasteiger partial charge in [0.1, 0.15) is 0 Å². The maximum absolute atomic E-state index is 12.8. The Kier molecular flexibility index (Phi) is 4.44. The van der Waals surface area contributed by atoms with Crippen molar-refractivity contribution in [3.8, 4) is 0 Å². The average molecular weight is 339 g/mol. The zero-order chi connectivity index (χ0) is 16.5. The summed E-state index contributed by atoms with van der Waals surface area (Å²) in [6.45, 7) is 1.63. The van der Waals surface area contributed by atoms with Gasteiger partial charge in [0.15, 0.2) is 0 Å². The van der Waals surface area contributed by atoms with Gasteiger partial charge in [0.05, 0.1) is 16.1 Å². The SMILES string of the molecule is Cc1c(Cl)cccc1S(=O)(=O)N(C)c1ccccc1C(N)=O. The summed E-state index contributed by atoms with van der Waals surface area (Å²) in [4.78, 5) is 11.6. The molecule has 2 aromatic rings. The third kappa shape index (κ3) is 2.80. The Bertz CT molecular complexity index is 834. The number of sulfonamides is 1. The third-order valence-corrected chi connectivity index (χ3v) is 5.69. The summed E-state index contributed by atoms with van der Waals surface area (Å²) in [5.74, 6) is -0.694. The Labute approximate surface area is 134 Å². The number of benzene rings is 2. The van der Waals surface area contributed by atoms with Crippen LogP contribution >= 0.6 is 11.6 Å². The molecule has 5 nitrogen and oxygen atoms in total. The number of carbonyl (C=O) groups excluding carboxylic acids is 1. The zero-order valence-electron chi connectivity index (χ0n) is 12.1. The molecule has 0 unspecified atom stereocenters.